The van der Waals surface area contributed by atoms with Gasteiger partial charge < -0.3 is 19.6 Å². The number of carbonyl (C=O) groups is 2. The van der Waals surface area contributed by atoms with Gasteiger partial charge in [-0.3, -0.25) is 4.79 Å². The Morgan fingerprint density at radius 3 is 2.03 bits per heavy atom. The lowest BCUT2D eigenvalue weighted by atomic mass is 10.2. The number of hydrogen-bond acceptors (Lipinski definition) is 6. The van der Waals surface area contributed by atoms with Gasteiger partial charge in [-0.25, -0.2) is 9.10 Å². The van der Waals surface area contributed by atoms with Gasteiger partial charge in [0.1, 0.15) is 11.5 Å². The summed E-state index contributed by atoms with van der Waals surface area (Å²) < 4.78 is 35.5. The maximum absolute atomic E-state index is 12.6. The van der Waals surface area contributed by atoms with Gasteiger partial charge in [0.25, 0.3) is 5.91 Å². The Labute approximate surface area is 185 Å². The fourth-order valence-electron chi connectivity index (χ4n) is 2.62. The summed E-state index contributed by atoms with van der Waals surface area (Å²) in [5, 5.41) is 5.30. The van der Waals surface area contributed by atoms with Crippen LogP contribution in [-0.4, -0.2) is 38.8 Å². The number of benzene rings is 3. The van der Waals surface area contributed by atoms with Gasteiger partial charge in [-0.05, 0) is 48.5 Å². The van der Waals surface area contributed by atoms with Crippen molar-refractivity contribution in [3.63, 3.8) is 0 Å². The predicted octanol–water partition coefficient (Wildman–Crippen LogP) is 3.74. The molecule has 3 aromatic rings. The summed E-state index contributed by atoms with van der Waals surface area (Å²) in [6, 6.07) is 20.2. The maximum Gasteiger partial charge on any atom is 0.412 e. The van der Waals surface area contributed by atoms with Gasteiger partial charge in [0, 0.05) is 30.1 Å². The third-order valence-corrected chi connectivity index (χ3v) is 5.53. The molecular weight excluding hydrogens is 434 g/mol. The Morgan fingerprint density at radius 2 is 1.41 bits per heavy atom. The second-order valence-corrected chi connectivity index (χ2v) is 8.09. The first-order chi connectivity index (χ1) is 15.3. The molecule has 3 amide bonds. The van der Waals surface area contributed by atoms with E-state index in [9.17, 15) is 18.0 Å². The Bertz CT molecular complexity index is 1200. The molecule has 3 aromatic carbocycles. The number of nitrogens with zero attached hydrogens (tertiary/aromatic N) is 1. The molecule has 0 saturated carbocycles. The number of carbonyl (C=O) groups excluding carboxylic acids is 2. The van der Waals surface area contributed by atoms with Gasteiger partial charge >= 0.3 is 16.3 Å². The van der Waals surface area contributed by atoms with E-state index in [-0.39, 0.29) is 11.3 Å². The predicted molar refractivity (Wildman–Crippen MR) is 120 cm³/mol. The molecule has 0 aromatic heterocycles. The second-order valence-electron chi connectivity index (χ2n) is 6.52. The minimum atomic E-state index is -4.40. The van der Waals surface area contributed by atoms with E-state index < -0.39 is 22.2 Å². The highest BCUT2D eigenvalue weighted by Gasteiger charge is 2.27. The first kappa shape index (κ1) is 22.6. The van der Waals surface area contributed by atoms with E-state index in [1.165, 1.54) is 43.5 Å². The lowest BCUT2D eigenvalue weighted by molar-refractivity contribution is 0.0876. The lowest BCUT2D eigenvalue weighted by Crippen LogP contribution is -2.36. The Balaban J connectivity index is 1.64. The SMILES string of the molecule is COc1cccc(OS(=O)(=O)N(C)C(=O)c2ccc(NC(=O)Nc3ccccc3)cc2)c1. The molecular formula is C22H21N3O6S. The van der Waals surface area contributed by atoms with E-state index in [0.29, 0.717) is 21.4 Å². The van der Waals surface area contributed by atoms with Gasteiger partial charge in [0.2, 0.25) is 0 Å². The highest BCUT2D eigenvalue weighted by molar-refractivity contribution is 7.85. The topological polar surface area (TPSA) is 114 Å². The number of rotatable bonds is 7. The summed E-state index contributed by atoms with van der Waals surface area (Å²) in [6.45, 7) is 0. The Hall–Kier alpha value is -4.05. The van der Waals surface area contributed by atoms with Crippen molar-refractivity contribution in [1.29, 1.82) is 0 Å². The van der Waals surface area contributed by atoms with Crippen LogP contribution in [0, 0.1) is 0 Å². The average Bonchev–Trinajstić information content (AvgIpc) is 2.79. The molecule has 32 heavy (non-hydrogen) atoms. The molecule has 0 radical (unpaired) electrons. The zero-order valence-electron chi connectivity index (χ0n) is 17.3. The lowest BCUT2D eigenvalue weighted by Gasteiger charge is -2.17. The smallest absolute Gasteiger partial charge is 0.412 e. The molecule has 3 rings (SSSR count). The Morgan fingerprint density at radius 1 is 0.812 bits per heavy atom. The standard InChI is InChI=1S/C22H21N3O6S/c1-25(32(28,29)31-20-10-6-9-19(15-20)30-2)21(26)16-11-13-18(14-12-16)24-22(27)23-17-7-4-3-5-8-17/h3-15H,1-2H3,(H2,23,24,27). The van der Waals surface area contributed by atoms with Crippen LogP contribution in [0.2, 0.25) is 0 Å². The van der Waals surface area contributed by atoms with Crippen LogP contribution in [0.25, 0.3) is 0 Å². The number of amides is 3. The first-order valence-electron chi connectivity index (χ1n) is 9.38. The molecule has 0 atom stereocenters. The zero-order chi connectivity index (χ0) is 23.1. The summed E-state index contributed by atoms with van der Waals surface area (Å²) >= 11 is 0. The number of urea groups is 1. The van der Waals surface area contributed by atoms with Crippen LogP contribution in [0.1, 0.15) is 10.4 Å². The van der Waals surface area contributed by atoms with Crippen molar-refractivity contribution in [2.45, 2.75) is 0 Å². The highest BCUT2D eigenvalue weighted by atomic mass is 32.2. The summed E-state index contributed by atoms with van der Waals surface area (Å²) in [5.74, 6) is -0.382. The van der Waals surface area contributed by atoms with Crippen molar-refractivity contribution in [2.75, 3.05) is 24.8 Å². The Kier molecular flexibility index (Phi) is 6.96. The third-order valence-electron chi connectivity index (χ3n) is 4.29. The fraction of sp³-hybridized carbons (Fsp3) is 0.0909. The van der Waals surface area contributed by atoms with Gasteiger partial charge in [-0.1, -0.05) is 24.3 Å². The van der Waals surface area contributed by atoms with Crippen LogP contribution in [-0.2, 0) is 10.3 Å². The molecule has 10 heteroatoms. The average molecular weight is 455 g/mol. The molecule has 0 fully saturated rings. The monoisotopic (exact) mass is 455 g/mol. The summed E-state index contributed by atoms with van der Waals surface area (Å²) in [6.07, 6.45) is 0. The molecule has 0 spiro atoms. The van der Waals surface area contributed by atoms with Crippen molar-refractivity contribution in [1.82, 2.24) is 4.31 Å². The van der Waals surface area contributed by atoms with Gasteiger partial charge in [-0.2, -0.15) is 8.42 Å². The minimum absolute atomic E-state index is 0.00739. The molecule has 0 aliphatic carbocycles. The molecule has 9 nitrogen and oxygen atoms in total. The highest BCUT2D eigenvalue weighted by Crippen LogP contribution is 2.22. The zero-order valence-corrected chi connectivity index (χ0v) is 18.1. The maximum atomic E-state index is 12.6. The molecule has 0 bridgehead atoms. The number of para-hydroxylation sites is 1. The first-order valence-corrected chi connectivity index (χ1v) is 10.7. The van der Waals surface area contributed by atoms with Crippen LogP contribution in [0.15, 0.2) is 78.9 Å². The van der Waals surface area contributed by atoms with E-state index in [2.05, 4.69) is 10.6 Å². The van der Waals surface area contributed by atoms with E-state index in [0.717, 1.165) is 7.05 Å². The molecule has 0 aliphatic rings. The molecule has 0 heterocycles. The molecule has 166 valence electrons. The molecule has 0 saturated heterocycles. The largest absolute Gasteiger partial charge is 0.497 e. The molecule has 0 unspecified atom stereocenters. The number of nitrogens with one attached hydrogen (secondary N) is 2. The number of ether oxygens (including phenoxy) is 1. The van der Waals surface area contributed by atoms with Gasteiger partial charge in [-0.15, -0.1) is 0 Å². The second kappa shape index (κ2) is 9.84. The third kappa shape index (κ3) is 5.76. The van der Waals surface area contributed by atoms with Crippen molar-refractivity contribution < 1.29 is 26.9 Å². The van der Waals surface area contributed by atoms with Gasteiger partial charge in [0.05, 0.1) is 7.11 Å². The summed E-state index contributed by atoms with van der Waals surface area (Å²) in [4.78, 5) is 24.7. The van der Waals surface area contributed by atoms with Crippen LogP contribution in [0.3, 0.4) is 0 Å². The quantitative estimate of drug-likeness (QED) is 0.561. The summed E-state index contributed by atoms with van der Waals surface area (Å²) in [7, 11) is -1.87. The van der Waals surface area contributed by atoms with E-state index in [1.54, 1.807) is 36.4 Å². The van der Waals surface area contributed by atoms with Crippen LogP contribution in [0.5, 0.6) is 11.5 Å². The van der Waals surface area contributed by atoms with Crippen LogP contribution < -0.4 is 19.6 Å². The van der Waals surface area contributed by atoms with E-state index >= 15 is 0 Å². The molecule has 2 N–H and O–H groups in total. The minimum Gasteiger partial charge on any atom is -0.497 e. The number of methoxy groups -OCH3 is 1. The van der Waals surface area contributed by atoms with Crippen molar-refractivity contribution >= 4 is 33.6 Å². The van der Waals surface area contributed by atoms with Gasteiger partial charge in [0.15, 0.2) is 0 Å². The summed E-state index contributed by atoms with van der Waals surface area (Å²) in [5.41, 5.74) is 1.15. The number of hydrogen-bond donors (Lipinski definition) is 2. The van der Waals surface area contributed by atoms with Crippen molar-refractivity contribution in [3.8, 4) is 11.5 Å². The molecule has 0 aliphatic heterocycles. The van der Waals surface area contributed by atoms with Crippen LogP contribution in [0.4, 0.5) is 16.2 Å². The van der Waals surface area contributed by atoms with Crippen LogP contribution >= 0.6 is 0 Å². The van der Waals surface area contributed by atoms with E-state index in [1.807, 2.05) is 6.07 Å². The van der Waals surface area contributed by atoms with Crippen molar-refractivity contribution in [2.24, 2.45) is 0 Å². The van der Waals surface area contributed by atoms with E-state index in [4.69, 9.17) is 8.92 Å². The van der Waals surface area contributed by atoms with Crippen molar-refractivity contribution in [3.05, 3.63) is 84.4 Å². The fourth-order valence-corrected chi connectivity index (χ4v) is 3.39. The normalized spacial score (nSPS) is 10.7. The number of anilines is 2.